The molecule has 2 N–H and O–H groups in total. The largest absolute Gasteiger partial charge is 0.504 e. The average molecular weight is 332 g/mol. The van der Waals surface area contributed by atoms with Gasteiger partial charge < -0.3 is 15.2 Å². The van der Waals surface area contributed by atoms with Crippen molar-refractivity contribution in [3.63, 3.8) is 0 Å². The van der Waals surface area contributed by atoms with E-state index in [0.29, 0.717) is 5.56 Å². The molecule has 0 heterocycles. The monoisotopic (exact) mass is 331 g/mol. The van der Waals surface area contributed by atoms with Crippen molar-refractivity contribution in [1.82, 2.24) is 0 Å². The summed E-state index contributed by atoms with van der Waals surface area (Å²) in [5, 5.41) is 12.6. The summed E-state index contributed by atoms with van der Waals surface area (Å²) in [7, 11) is 1.40. The molecule has 2 aromatic carbocycles. The van der Waals surface area contributed by atoms with Crippen LogP contribution in [0, 0.1) is 0 Å². The first-order valence-electron chi connectivity index (χ1n) is 6.28. The predicted octanol–water partition coefficient (Wildman–Crippen LogP) is 4.69. The summed E-state index contributed by atoms with van der Waals surface area (Å²) in [5.74, 6) is 0.145. The summed E-state index contributed by atoms with van der Waals surface area (Å²) in [6, 6.07) is 8.26. The van der Waals surface area contributed by atoms with Crippen LogP contribution in [0.25, 0.3) is 0 Å². The SMILES string of the molecule is COc1cccc(CNc2ccc(Cl)cc2C(F)(F)F)c1O. The van der Waals surface area contributed by atoms with Gasteiger partial charge in [-0.15, -0.1) is 0 Å². The normalized spacial score (nSPS) is 11.3. The number of ether oxygens (including phenoxy) is 1. The van der Waals surface area contributed by atoms with E-state index in [9.17, 15) is 18.3 Å². The first-order valence-corrected chi connectivity index (χ1v) is 6.66. The smallest absolute Gasteiger partial charge is 0.418 e. The van der Waals surface area contributed by atoms with Gasteiger partial charge in [-0.1, -0.05) is 23.7 Å². The Kier molecular flexibility index (Phi) is 4.71. The molecule has 118 valence electrons. The van der Waals surface area contributed by atoms with Crippen LogP contribution in [0.4, 0.5) is 18.9 Å². The van der Waals surface area contributed by atoms with Crippen LogP contribution in [-0.2, 0) is 12.7 Å². The molecule has 0 radical (unpaired) electrons. The molecule has 0 aliphatic carbocycles. The molecule has 0 bridgehead atoms. The number of methoxy groups -OCH3 is 1. The Balaban J connectivity index is 2.26. The van der Waals surface area contributed by atoms with Crippen LogP contribution in [-0.4, -0.2) is 12.2 Å². The van der Waals surface area contributed by atoms with Gasteiger partial charge in [-0.05, 0) is 24.3 Å². The number of nitrogens with one attached hydrogen (secondary N) is 1. The fraction of sp³-hybridized carbons (Fsp3) is 0.200. The molecule has 3 nitrogen and oxygen atoms in total. The quantitative estimate of drug-likeness (QED) is 0.854. The Labute approximate surface area is 130 Å². The maximum absolute atomic E-state index is 13.0. The molecule has 0 saturated carbocycles. The van der Waals surface area contributed by atoms with Gasteiger partial charge in [0.25, 0.3) is 0 Å². The van der Waals surface area contributed by atoms with Gasteiger partial charge in [-0.3, -0.25) is 0 Å². The molecule has 0 atom stereocenters. The van der Waals surface area contributed by atoms with E-state index < -0.39 is 11.7 Å². The summed E-state index contributed by atoms with van der Waals surface area (Å²) < 4.78 is 43.9. The van der Waals surface area contributed by atoms with Crippen molar-refractivity contribution in [2.45, 2.75) is 12.7 Å². The summed E-state index contributed by atoms with van der Waals surface area (Å²) in [6.45, 7) is 0.00768. The first-order chi connectivity index (χ1) is 10.3. The van der Waals surface area contributed by atoms with E-state index in [-0.39, 0.29) is 28.8 Å². The zero-order chi connectivity index (χ0) is 16.3. The van der Waals surface area contributed by atoms with Crippen molar-refractivity contribution >= 4 is 17.3 Å². The number of benzene rings is 2. The Morgan fingerprint density at radius 2 is 1.95 bits per heavy atom. The number of phenols is 1. The lowest BCUT2D eigenvalue weighted by molar-refractivity contribution is -0.136. The highest BCUT2D eigenvalue weighted by Crippen LogP contribution is 2.37. The highest BCUT2D eigenvalue weighted by atomic mass is 35.5. The molecule has 22 heavy (non-hydrogen) atoms. The number of hydrogen-bond acceptors (Lipinski definition) is 3. The number of hydrogen-bond donors (Lipinski definition) is 2. The van der Waals surface area contributed by atoms with Crippen molar-refractivity contribution in [3.05, 3.63) is 52.5 Å². The molecule has 0 aliphatic rings. The van der Waals surface area contributed by atoms with Crippen LogP contribution in [0.2, 0.25) is 5.02 Å². The van der Waals surface area contributed by atoms with Crippen molar-refractivity contribution in [2.75, 3.05) is 12.4 Å². The molecule has 0 unspecified atom stereocenters. The number of rotatable bonds is 4. The zero-order valence-electron chi connectivity index (χ0n) is 11.5. The van der Waals surface area contributed by atoms with Crippen LogP contribution in [0.3, 0.4) is 0 Å². The molecule has 0 amide bonds. The summed E-state index contributed by atoms with van der Waals surface area (Å²) in [6.07, 6.45) is -4.52. The number of phenolic OH excluding ortho intramolecular Hbond substituents is 1. The second-order valence-corrected chi connectivity index (χ2v) is 4.95. The van der Waals surface area contributed by atoms with Crippen LogP contribution < -0.4 is 10.1 Å². The number of halogens is 4. The Morgan fingerprint density at radius 1 is 1.23 bits per heavy atom. The first kappa shape index (κ1) is 16.3. The standard InChI is InChI=1S/C15H13ClF3NO2/c1-22-13-4-2-3-9(14(13)21)8-20-12-6-5-10(16)7-11(12)15(17,18)19/h2-7,20-21H,8H2,1H3. The van der Waals surface area contributed by atoms with Gasteiger partial charge in [0, 0.05) is 22.8 Å². The van der Waals surface area contributed by atoms with Gasteiger partial charge in [-0.25, -0.2) is 0 Å². The fourth-order valence-corrected chi connectivity index (χ4v) is 2.14. The third-order valence-corrected chi connectivity index (χ3v) is 3.29. The number of para-hydroxylation sites is 1. The van der Waals surface area contributed by atoms with E-state index in [0.717, 1.165) is 6.07 Å². The van der Waals surface area contributed by atoms with Crippen LogP contribution in [0.1, 0.15) is 11.1 Å². The van der Waals surface area contributed by atoms with Crippen LogP contribution in [0.5, 0.6) is 11.5 Å². The van der Waals surface area contributed by atoms with Gasteiger partial charge in [0.1, 0.15) is 0 Å². The summed E-state index contributed by atoms with van der Waals surface area (Å²) in [4.78, 5) is 0. The Morgan fingerprint density at radius 3 is 2.59 bits per heavy atom. The summed E-state index contributed by atoms with van der Waals surface area (Å²) >= 11 is 5.62. The summed E-state index contributed by atoms with van der Waals surface area (Å²) in [5.41, 5.74) is -0.552. The van der Waals surface area contributed by atoms with Crippen LogP contribution >= 0.6 is 11.6 Å². The highest BCUT2D eigenvalue weighted by molar-refractivity contribution is 6.30. The minimum atomic E-state index is -4.52. The van der Waals surface area contributed by atoms with E-state index in [2.05, 4.69) is 5.32 Å². The number of anilines is 1. The molecule has 0 fully saturated rings. The minimum Gasteiger partial charge on any atom is -0.504 e. The van der Waals surface area contributed by atoms with E-state index in [1.807, 2.05) is 0 Å². The molecular weight excluding hydrogens is 319 g/mol. The molecule has 2 rings (SSSR count). The third-order valence-electron chi connectivity index (χ3n) is 3.06. The minimum absolute atomic E-state index is 0.00195. The number of aromatic hydroxyl groups is 1. The molecule has 0 aliphatic heterocycles. The maximum atomic E-state index is 13.0. The molecule has 0 saturated heterocycles. The number of alkyl halides is 3. The third kappa shape index (κ3) is 3.57. The fourth-order valence-electron chi connectivity index (χ4n) is 1.97. The van der Waals surface area contributed by atoms with Crippen molar-refractivity contribution < 1.29 is 23.0 Å². The van der Waals surface area contributed by atoms with Crippen molar-refractivity contribution in [3.8, 4) is 11.5 Å². The van der Waals surface area contributed by atoms with E-state index in [1.165, 1.54) is 19.2 Å². The molecule has 7 heteroatoms. The lowest BCUT2D eigenvalue weighted by atomic mass is 10.1. The van der Waals surface area contributed by atoms with Gasteiger partial charge >= 0.3 is 6.18 Å². The van der Waals surface area contributed by atoms with E-state index in [1.54, 1.807) is 18.2 Å². The average Bonchev–Trinajstić information content (AvgIpc) is 2.46. The van der Waals surface area contributed by atoms with Crippen molar-refractivity contribution in [2.24, 2.45) is 0 Å². The Hall–Kier alpha value is -2.08. The predicted molar refractivity (Wildman–Crippen MR) is 78.4 cm³/mol. The van der Waals surface area contributed by atoms with Gasteiger partial charge in [-0.2, -0.15) is 13.2 Å². The molecule has 0 spiro atoms. The lowest BCUT2D eigenvalue weighted by Gasteiger charge is -2.16. The second-order valence-electron chi connectivity index (χ2n) is 4.51. The van der Waals surface area contributed by atoms with E-state index in [4.69, 9.17) is 16.3 Å². The lowest BCUT2D eigenvalue weighted by Crippen LogP contribution is -2.11. The van der Waals surface area contributed by atoms with Crippen molar-refractivity contribution in [1.29, 1.82) is 0 Å². The zero-order valence-corrected chi connectivity index (χ0v) is 12.3. The van der Waals surface area contributed by atoms with E-state index >= 15 is 0 Å². The van der Waals surface area contributed by atoms with Gasteiger partial charge in [0.2, 0.25) is 0 Å². The molecule has 0 aromatic heterocycles. The topological polar surface area (TPSA) is 41.5 Å². The van der Waals surface area contributed by atoms with Crippen LogP contribution in [0.15, 0.2) is 36.4 Å². The second kappa shape index (κ2) is 6.36. The highest BCUT2D eigenvalue weighted by Gasteiger charge is 2.33. The maximum Gasteiger partial charge on any atom is 0.418 e. The molecule has 2 aromatic rings. The van der Waals surface area contributed by atoms with Gasteiger partial charge in [0.15, 0.2) is 11.5 Å². The Bertz CT molecular complexity index is 674. The molecular formula is C15H13ClF3NO2. The van der Waals surface area contributed by atoms with Gasteiger partial charge in [0.05, 0.1) is 12.7 Å².